The highest BCUT2D eigenvalue weighted by atomic mass is 32.1. The Morgan fingerprint density at radius 1 is 1.43 bits per heavy atom. The Bertz CT molecular complexity index is 1160. The number of thiophene rings is 1. The third kappa shape index (κ3) is 3.51. The number of ether oxygens (including phenoxy) is 1. The van der Waals surface area contributed by atoms with Crippen molar-refractivity contribution in [2.24, 2.45) is 0 Å². The van der Waals surface area contributed by atoms with Crippen LogP contribution < -0.4 is 5.56 Å². The van der Waals surface area contributed by atoms with E-state index in [1.807, 2.05) is 13.0 Å². The average molecular weight is 427 g/mol. The second kappa shape index (κ2) is 7.09. The first kappa shape index (κ1) is 19.3. The number of rotatable bonds is 3. The minimum atomic E-state index is -4.71. The first-order chi connectivity index (χ1) is 13.2. The van der Waals surface area contributed by atoms with Gasteiger partial charge >= 0.3 is 6.18 Å². The van der Waals surface area contributed by atoms with E-state index in [0.717, 1.165) is 23.8 Å². The molecule has 0 radical (unpaired) electrons. The molecule has 3 aromatic heterocycles. The Morgan fingerprint density at radius 3 is 2.82 bits per heavy atom. The molecular formula is C18H16F3N3O2S2. The summed E-state index contributed by atoms with van der Waals surface area (Å²) in [5.74, 6) is 0. The normalized spacial score (nSPS) is 17.5. The molecule has 10 heteroatoms. The van der Waals surface area contributed by atoms with Gasteiger partial charge < -0.3 is 4.74 Å². The highest BCUT2D eigenvalue weighted by Crippen LogP contribution is 2.37. The van der Waals surface area contributed by atoms with Crippen molar-refractivity contribution < 1.29 is 17.9 Å². The van der Waals surface area contributed by atoms with E-state index in [1.165, 1.54) is 15.9 Å². The van der Waals surface area contributed by atoms with E-state index in [2.05, 4.69) is 9.97 Å². The van der Waals surface area contributed by atoms with Gasteiger partial charge in [-0.25, -0.2) is 4.98 Å². The van der Waals surface area contributed by atoms with Crippen LogP contribution >= 0.6 is 23.6 Å². The van der Waals surface area contributed by atoms with Crippen LogP contribution in [0.15, 0.2) is 23.0 Å². The van der Waals surface area contributed by atoms with Crippen molar-refractivity contribution in [3.05, 3.63) is 43.8 Å². The largest absolute Gasteiger partial charge is 0.417 e. The molecule has 0 aromatic carbocycles. The topological polar surface area (TPSA) is 59.9 Å². The third-order valence-corrected chi connectivity index (χ3v) is 6.00. The van der Waals surface area contributed by atoms with Crippen molar-refractivity contribution in [1.29, 1.82) is 0 Å². The third-order valence-electron chi connectivity index (χ3n) is 4.66. The maximum atomic E-state index is 13.8. The maximum absolute atomic E-state index is 13.8. The molecule has 0 saturated carbocycles. The number of pyridine rings is 1. The van der Waals surface area contributed by atoms with Gasteiger partial charge in [0.2, 0.25) is 0 Å². The summed E-state index contributed by atoms with van der Waals surface area (Å²) in [7, 11) is 0. The highest BCUT2D eigenvalue weighted by molar-refractivity contribution is 7.71. The summed E-state index contributed by atoms with van der Waals surface area (Å²) in [6.45, 7) is 2.70. The summed E-state index contributed by atoms with van der Waals surface area (Å²) in [6, 6.07) is 4.47. The molecule has 1 atom stereocenters. The number of alkyl halides is 3. The number of nitrogens with one attached hydrogen (secondary N) is 1. The van der Waals surface area contributed by atoms with Crippen molar-refractivity contribution in [3.63, 3.8) is 0 Å². The van der Waals surface area contributed by atoms with Crippen LogP contribution in [0.1, 0.15) is 23.3 Å². The minimum Gasteiger partial charge on any atom is -0.376 e. The van der Waals surface area contributed by atoms with E-state index in [0.29, 0.717) is 11.5 Å². The fourth-order valence-corrected chi connectivity index (χ4v) is 4.44. The zero-order chi connectivity index (χ0) is 20.1. The van der Waals surface area contributed by atoms with Crippen molar-refractivity contribution >= 4 is 34.6 Å². The molecule has 4 rings (SSSR count). The maximum Gasteiger partial charge on any atom is 0.417 e. The lowest BCUT2D eigenvalue weighted by molar-refractivity contribution is -0.136. The van der Waals surface area contributed by atoms with E-state index in [1.54, 1.807) is 6.07 Å². The van der Waals surface area contributed by atoms with Crippen LogP contribution in [0.25, 0.3) is 21.6 Å². The zero-order valence-corrected chi connectivity index (χ0v) is 16.4. The molecule has 4 heterocycles. The molecule has 1 saturated heterocycles. The Kier molecular flexibility index (Phi) is 4.88. The number of H-pyrrole nitrogens is 1. The fourth-order valence-electron chi connectivity index (χ4n) is 3.36. The van der Waals surface area contributed by atoms with Gasteiger partial charge in [-0.1, -0.05) is 0 Å². The SMILES string of the molecule is Cc1ccc(-c2cc(C(F)(F)F)c3c(=O)[nH]c(=S)n(C[C@H]4CCCO4)c3n2)s1. The van der Waals surface area contributed by atoms with Crippen molar-refractivity contribution in [1.82, 2.24) is 14.5 Å². The summed E-state index contributed by atoms with van der Waals surface area (Å²) in [4.78, 5) is 20.7. The van der Waals surface area contributed by atoms with E-state index in [4.69, 9.17) is 17.0 Å². The molecule has 0 bridgehead atoms. The van der Waals surface area contributed by atoms with Crippen LogP contribution in [0.4, 0.5) is 13.2 Å². The highest BCUT2D eigenvalue weighted by Gasteiger charge is 2.36. The van der Waals surface area contributed by atoms with Gasteiger partial charge in [0.25, 0.3) is 5.56 Å². The van der Waals surface area contributed by atoms with Crippen LogP contribution in [-0.4, -0.2) is 27.2 Å². The van der Waals surface area contributed by atoms with Crippen LogP contribution in [-0.2, 0) is 17.5 Å². The van der Waals surface area contributed by atoms with E-state index in [9.17, 15) is 18.0 Å². The van der Waals surface area contributed by atoms with Crippen LogP contribution in [0.2, 0.25) is 0 Å². The first-order valence-electron chi connectivity index (χ1n) is 8.67. The molecule has 1 aliphatic heterocycles. The molecule has 0 amide bonds. The van der Waals surface area contributed by atoms with Crippen molar-refractivity contribution in [3.8, 4) is 10.6 Å². The number of hydrogen-bond donors (Lipinski definition) is 1. The summed E-state index contributed by atoms with van der Waals surface area (Å²) < 4.78 is 48.5. The van der Waals surface area contributed by atoms with Crippen molar-refractivity contribution in [2.75, 3.05) is 6.61 Å². The number of aromatic nitrogens is 3. The Hall–Kier alpha value is -2.04. The molecule has 0 spiro atoms. The molecular weight excluding hydrogens is 411 g/mol. The van der Waals surface area contributed by atoms with Gasteiger partial charge in [0.05, 0.1) is 34.2 Å². The predicted molar refractivity (Wildman–Crippen MR) is 103 cm³/mol. The van der Waals surface area contributed by atoms with Gasteiger partial charge in [-0.05, 0) is 50.2 Å². The summed E-state index contributed by atoms with van der Waals surface area (Å²) >= 11 is 6.58. The molecule has 0 unspecified atom stereocenters. The Morgan fingerprint density at radius 2 is 2.21 bits per heavy atom. The summed E-state index contributed by atoms with van der Waals surface area (Å²) in [5, 5.41) is -0.504. The zero-order valence-electron chi connectivity index (χ0n) is 14.8. The molecule has 148 valence electrons. The summed E-state index contributed by atoms with van der Waals surface area (Å²) in [5.41, 5.74) is -1.81. The van der Waals surface area contributed by atoms with Crippen LogP contribution in [0, 0.1) is 11.7 Å². The predicted octanol–water partition coefficient (Wildman–Crippen LogP) is 4.69. The minimum absolute atomic E-state index is 0.0353. The van der Waals surface area contributed by atoms with Crippen LogP contribution in [0.3, 0.4) is 0 Å². The number of hydrogen-bond acceptors (Lipinski definition) is 5. The Labute approximate surface area is 166 Å². The smallest absolute Gasteiger partial charge is 0.376 e. The number of halogens is 3. The standard InChI is InChI=1S/C18H16F3N3O2S2/c1-9-4-5-13(28-9)12-7-11(18(19,20)21)14-15(22-12)24(17(27)23-16(14)25)8-10-3-2-6-26-10/h4-5,7,10H,2-3,6,8H2,1H3,(H,23,25,27)/t10-/m1/s1. The van der Waals surface area contributed by atoms with E-state index >= 15 is 0 Å². The lowest BCUT2D eigenvalue weighted by Crippen LogP contribution is -2.24. The molecule has 3 aromatic rings. The molecule has 0 aliphatic carbocycles. The fraction of sp³-hybridized carbons (Fsp3) is 0.389. The Balaban J connectivity index is 2.03. The molecule has 1 N–H and O–H groups in total. The lowest BCUT2D eigenvalue weighted by atomic mass is 10.1. The molecule has 5 nitrogen and oxygen atoms in total. The number of aromatic amines is 1. The number of nitrogens with zero attached hydrogens (tertiary/aromatic N) is 2. The lowest BCUT2D eigenvalue weighted by Gasteiger charge is -2.17. The van der Waals surface area contributed by atoms with Gasteiger partial charge in [0.15, 0.2) is 4.77 Å². The van der Waals surface area contributed by atoms with Gasteiger partial charge in [-0.15, -0.1) is 11.3 Å². The van der Waals surface area contributed by atoms with Gasteiger partial charge in [0.1, 0.15) is 5.65 Å². The van der Waals surface area contributed by atoms with Gasteiger partial charge in [-0.3, -0.25) is 14.3 Å². The molecule has 28 heavy (non-hydrogen) atoms. The second-order valence-corrected chi connectivity index (χ2v) is 8.34. The van der Waals surface area contributed by atoms with Crippen LogP contribution in [0.5, 0.6) is 0 Å². The van der Waals surface area contributed by atoms with Gasteiger partial charge in [-0.2, -0.15) is 13.2 Å². The van der Waals surface area contributed by atoms with E-state index < -0.39 is 22.7 Å². The molecule has 1 aliphatic rings. The molecule has 1 fully saturated rings. The quantitative estimate of drug-likeness (QED) is 0.616. The summed E-state index contributed by atoms with van der Waals surface area (Å²) in [6.07, 6.45) is -3.23. The number of fused-ring (bicyclic) bond motifs is 1. The van der Waals surface area contributed by atoms with Crippen molar-refractivity contribution in [2.45, 2.75) is 38.6 Å². The first-order valence-corrected chi connectivity index (χ1v) is 9.90. The van der Waals surface area contributed by atoms with E-state index in [-0.39, 0.29) is 28.8 Å². The monoisotopic (exact) mass is 427 g/mol. The number of aryl methyl sites for hydroxylation is 1. The second-order valence-electron chi connectivity index (χ2n) is 6.67. The average Bonchev–Trinajstić information content (AvgIpc) is 3.28. The van der Waals surface area contributed by atoms with Gasteiger partial charge in [0, 0.05) is 11.5 Å².